The van der Waals surface area contributed by atoms with E-state index < -0.39 is 0 Å². The summed E-state index contributed by atoms with van der Waals surface area (Å²) >= 11 is 0. The zero-order valence-electron chi connectivity index (χ0n) is 12.4. The second kappa shape index (κ2) is 6.76. The molecule has 4 nitrogen and oxygen atoms in total. The van der Waals surface area contributed by atoms with Crippen molar-refractivity contribution in [1.82, 2.24) is 10.6 Å². The molecular formula is C16H21N3O. The van der Waals surface area contributed by atoms with Crippen LogP contribution in [0.5, 0.6) is 0 Å². The molecule has 0 spiro atoms. The van der Waals surface area contributed by atoms with Gasteiger partial charge in [0, 0.05) is 18.3 Å². The van der Waals surface area contributed by atoms with Crippen LogP contribution in [0, 0.1) is 18.3 Å². The topological polar surface area (TPSA) is 64.9 Å². The van der Waals surface area contributed by atoms with Crippen molar-refractivity contribution in [2.45, 2.75) is 39.8 Å². The van der Waals surface area contributed by atoms with E-state index in [1.54, 1.807) is 0 Å². The Morgan fingerprint density at radius 1 is 1.35 bits per heavy atom. The molecule has 0 aliphatic carbocycles. The minimum Gasteiger partial charge on any atom is -0.386 e. The van der Waals surface area contributed by atoms with Crippen molar-refractivity contribution in [3.05, 3.63) is 47.2 Å². The van der Waals surface area contributed by atoms with Crippen LogP contribution in [0.1, 0.15) is 31.9 Å². The Hall–Kier alpha value is -2.28. The summed E-state index contributed by atoms with van der Waals surface area (Å²) in [6.45, 7) is 8.24. The van der Waals surface area contributed by atoms with Crippen LogP contribution < -0.4 is 10.6 Å². The molecule has 0 atom stereocenters. The minimum atomic E-state index is -0.364. The number of carbonyl (C=O) groups is 1. The molecule has 20 heavy (non-hydrogen) atoms. The molecule has 0 radical (unpaired) electrons. The number of aryl methyl sites for hydroxylation is 1. The van der Waals surface area contributed by atoms with Gasteiger partial charge in [0.1, 0.15) is 11.6 Å². The lowest BCUT2D eigenvalue weighted by Crippen LogP contribution is -2.41. The number of amides is 1. The smallest absolute Gasteiger partial charge is 0.263 e. The van der Waals surface area contributed by atoms with Crippen molar-refractivity contribution in [2.24, 2.45) is 0 Å². The van der Waals surface area contributed by atoms with Crippen molar-refractivity contribution in [1.29, 1.82) is 5.26 Å². The third-order valence-electron chi connectivity index (χ3n) is 2.65. The highest BCUT2D eigenvalue weighted by molar-refractivity contribution is 5.97. The monoisotopic (exact) mass is 271 g/mol. The quantitative estimate of drug-likeness (QED) is 0.653. The maximum atomic E-state index is 11.9. The predicted octanol–water partition coefficient (Wildman–Crippen LogP) is 2.41. The fourth-order valence-electron chi connectivity index (χ4n) is 1.63. The lowest BCUT2D eigenvalue weighted by molar-refractivity contribution is -0.118. The number of benzene rings is 1. The lowest BCUT2D eigenvalue weighted by Gasteiger charge is -2.20. The molecule has 1 rings (SSSR count). The molecule has 1 aromatic carbocycles. The lowest BCUT2D eigenvalue weighted by atomic mass is 10.1. The predicted molar refractivity (Wildman–Crippen MR) is 79.6 cm³/mol. The van der Waals surface area contributed by atoms with Crippen molar-refractivity contribution in [3.8, 4) is 6.07 Å². The van der Waals surface area contributed by atoms with E-state index in [1.165, 1.54) is 11.8 Å². The van der Waals surface area contributed by atoms with Crippen molar-refractivity contribution in [3.63, 3.8) is 0 Å². The Bertz CT molecular complexity index is 548. The summed E-state index contributed by atoms with van der Waals surface area (Å²) in [5.74, 6) is -0.364. The fraction of sp³-hybridized carbons (Fsp3) is 0.375. The van der Waals surface area contributed by atoms with Gasteiger partial charge in [-0.25, -0.2) is 0 Å². The molecule has 0 aromatic heterocycles. The maximum Gasteiger partial charge on any atom is 0.263 e. The highest BCUT2D eigenvalue weighted by Crippen LogP contribution is 2.06. The first kappa shape index (κ1) is 15.8. The SMILES string of the molecule is Cc1ccccc1CN/C=C(/C#N)C(=O)NC(C)(C)C. The number of nitrogens with zero attached hydrogens (tertiary/aromatic N) is 1. The first-order chi connectivity index (χ1) is 9.33. The van der Waals surface area contributed by atoms with Gasteiger partial charge in [-0.3, -0.25) is 4.79 Å². The van der Waals surface area contributed by atoms with Gasteiger partial charge in [0.15, 0.2) is 0 Å². The summed E-state index contributed by atoms with van der Waals surface area (Å²) in [6, 6.07) is 9.89. The van der Waals surface area contributed by atoms with E-state index in [4.69, 9.17) is 5.26 Å². The van der Waals surface area contributed by atoms with Gasteiger partial charge in [0.25, 0.3) is 5.91 Å². The Morgan fingerprint density at radius 3 is 2.55 bits per heavy atom. The van der Waals surface area contributed by atoms with Crippen molar-refractivity contribution in [2.75, 3.05) is 0 Å². The molecule has 0 unspecified atom stereocenters. The van der Waals surface area contributed by atoms with Gasteiger partial charge in [-0.1, -0.05) is 24.3 Å². The molecule has 0 bridgehead atoms. The van der Waals surface area contributed by atoms with Gasteiger partial charge in [0.05, 0.1) is 0 Å². The second-order valence-corrected chi connectivity index (χ2v) is 5.68. The van der Waals surface area contributed by atoms with E-state index in [9.17, 15) is 4.79 Å². The molecule has 1 aromatic rings. The molecule has 0 aliphatic heterocycles. The first-order valence-electron chi connectivity index (χ1n) is 6.54. The molecule has 0 saturated carbocycles. The number of carbonyl (C=O) groups excluding carboxylic acids is 1. The van der Waals surface area contributed by atoms with Crippen LogP contribution in [-0.2, 0) is 11.3 Å². The van der Waals surface area contributed by atoms with E-state index in [1.807, 2.05) is 58.0 Å². The number of hydrogen-bond donors (Lipinski definition) is 2. The summed E-state index contributed by atoms with van der Waals surface area (Å²) in [5, 5.41) is 14.8. The average Bonchev–Trinajstić information content (AvgIpc) is 2.34. The average molecular weight is 271 g/mol. The minimum absolute atomic E-state index is 0.0773. The van der Waals surface area contributed by atoms with Crippen LogP contribution in [0.2, 0.25) is 0 Å². The summed E-state index contributed by atoms with van der Waals surface area (Å²) in [5.41, 5.74) is 2.03. The van der Waals surface area contributed by atoms with Gasteiger partial charge < -0.3 is 10.6 Å². The van der Waals surface area contributed by atoms with Gasteiger partial charge in [-0.05, 0) is 38.8 Å². The molecule has 106 valence electrons. The Kier molecular flexibility index (Phi) is 5.33. The zero-order chi connectivity index (χ0) is 15.2. The van der Waals surface area contributed by atoms with Gasteiger partial charge in [0.2, 0.25) is 0 Å². The highest BCUT2D eigenvalue weighted by Gasteiger charge is 2.16. The van der Waals surface area contributed by atoms with E-state index in [2.05, 4.69) is 10.6 Å². The van der Waals surface area contributed by atoms with Crippen LogP contribution in [0.3, 0.4) is 0 Å². The molecule has 0 saturated heterocycles. The number of nitrogens with one attached hydrogen (secondary N) is 2. The Labute approximate surface area is 120 Å². The number of nitriles is 1. The van der Waals surface area contributed by atoms with E-state index in [0.29, 0.717) is 6.54 Å². The molecule has 4 heteroatoms. The fourth-order valence-corrected chi connectivity index (χ4v) is 1.63. The van der Waals surface area contributed by atoms with Crippen LogP contribution in [0.25, 0.3) is 0 Å². The van der Waals surface area contributed by atoms with Gasteiger partial charge in [-0.2, -0.15) is 5.26 Å². The summed E-state index contributed by atoms with van der Waals surface area (Å²) in [6.07, 6.45) is 1.47. The third kappa shape index (κ3) is 5.15. The summed E-state index contributed by atoms with van der Waals surface area (Å²) in [4.78, 5) is 11.9. The number of hydrogen-bond acceptors (Lipinski definition) is 3. The summed E-state index contributed by atoms with van der Waals surface area (Å²) < 4.78 is 0. The highest BCUT2D eigenvalue weighted by atomic mass is 16.1. The maximum absolute atomic E-state index is 11.9. The van der Waals surface area contributed by atoms with E-state index in [0.717, 1.165) is 5.56 Å². The van der Waals surface area contributed by atoms with Gasteiger partial charge >= 0.3 is 0 Å². The normalized spacial score (nSPS) is 11.7. The molecule has 2 N–H and O–H groups in total. The zero-order valence-corrected chi connectivity index (χ0v) is 12.4. The molecular weight excluding hydrogens is 250 g/mol. The standard InChI is InChI=1S/C16H21N3O/c1-12-7-5-6-8-13(12)10-18-11-14(9-17)15(20)19-16(2,3)4/h5-8,11,18H,10H2,1-4H3,(H,19,20)/b14-11-. The second-order valence-electron chi connectivity index (χ2n) is 5.68. The molecule has 0 fully saturated rings. The Balaban J connectivity index is 2.66. The van der Waals surface area contributed by atoms with Crippen LogP contribution >= 0.6 is 0 Å². The van der Waals surface area contributed by atoms with Crippen LogP contribution in [-0.4, -0.2) is 11.4 Å². The van der Waals surface area contributed by atoms with Crippen LogP contribution in [0.4, 0.5) is 0 Å². The summed E-state index contributed by atoms with van der Waals surface area (Å²) in [7, 11) is 0. The van der Waals surface area contributed by atoms with Crippen molar-refractivity contribution >= 4 is 5.91 Å². The number of rotatable bonds is 4. The molecule has 0 aliphatic rings. The third-order valence-corrected chi connectivity index (χ3v) is 2.65. The first-order valence-corrected chi connectivity index (χ1v) is 6.54. The largest absolute Gasteiger partial charge is 0.386 e. The van der Waals surface area contributed by atoms with Crippen molar-refractivity contribution < 1.29 is 4.79 Å². The van der Waals surface area contributed by atoms with Crippen LogP contribution in [0.15, 0.2) is 36.0 Å². The molecule has 0 heterocycles. The molecule has 1 amide bonds. The van der Waals surface area contributed by atoms with E-state index >= 15 is 0 Å². The Morgan fingerprint density at radius 2 is 2.00 bits per heavy atom. The van der Waals surface area contributed by atoms with Gasteiger partial charge in [-0.15, -0.1) is 0 Å². The van der Waals surface area contributed by atoms with E-state index in [-0.39, 0.29) is 17.0 Å².